The first-order valence-corrected chi connectivity index (χ1v) is 6.71. The van der Waals surface area contributed by atoms with Crippen molar-refractivity contribution in [3.8, 4) is 12.3 Å². The van der Waals surface area contributed by atoms with E-state index >= 15 is 0 Å². The number of ketones is 1. The number of esters is 1. The zero-order valence-corrected chi connectivity index (χ0v) is 12.1. The molecule has 1 heterocycles. The molecule has 0 saturated carbocycles. The van der Waals surface area contributed by atoms with Crippen LogP contribution in [0.25, 0.3) is 0 Å². The highest BCUT2D eigenvalue weighted by Gasteiger charge is 2.32. The van der Waals surface area contributed by atoms with E-state index < -0.39 is 24.3 Å². The summed E-state index contributed by atoms with van der Waals surface area (Å²) in [5, 5.41) is 5.17. The fraction of sp³-hybridized carbons (Fsp3) is 0.188. The minimum Gasteiger partial charge on any atom is -0.470 e. The van der Waals surface area contributed by atoms with E-state index in [0.29, 0.717) is 5.69 Å². The van der Waals surface area contributed by atoms with Gasteiger partial charge in [0.05, 0.1) is 6.54 Å². The average molecular weight is 314 g/mol. The zero-order valence-electron chi connectivity index (χ0n) is 12.1. The number of benzene rings is 1. The Bertz CT molecular complexity index is 688. The van der Waals surface area contributed by atoms with Crippen LogP contribution in [0.1, 0.15) is 0 Å². The summed E-state index contributed by atoms with van der Waals surface area (Å²) in [5.74, 6) is 0.226. The van der Waals surface area contributed by atoms with Gasteiger partial charge in [-0.25, -0.2) is 4.79 Å². The van der Waals surface area contributed by atoms with Gasteiger partial charge in [0, 0.05) is 5.69 Å². The highest BCUT2D eigenvalue weighted by atomic mass is 16.5. The lowest BCUT2D eigenvalue weighted by molar-refractivity contribution is -0.145. The van der Waals surface area contributed by atoms with Crippen molar-refractivity contribution in [1.82, 2.24) is 5.32 Å². The molecule has 1 aromatic rings. The number of nitrogens with one attached hydrogen (secondary N) is 2. The van der Waals surface area contributed by atoms with E-state index in [0.717, 1.165) is 0 Å². The third kappa shape index (κ3) is 4.35. The predicted octanol–water partition coefficient (Wildman–Crippen LogP) is 0.202. The summed E-state index contributed by atoms with van der Waals surface area (Å²) in [7, 11) is 0. The summed E-state index contributed by atoms with van der Waals surface area (Å²) in [6.07, 6.45) is 4.99. The second-order valence-corrected chi connectivity index (χ2v) is 4.46. The number of hydrogen-bond donors (Lipinski definition) is 2. The van der Waals surface area contributed by atoms with Crippen molar-refractivity contribution in [1.29, 1.82) is 0 Å². The first-order valence-electron chi connectivity index (χ1n) is 6.71. The molecule has 7 heteroatoms. The van der Waals surface area contributed by atoms with Gasteiger partial charge in [-0.2, -0.15) is 0 Å². The van der Waals surface area contributed by atoms with Gasteiger partial charge in [-0.05, 0) is 12.1 Å². The summed E-state index contributed by atoms with van der Waals surface area (Å²) >= 11 is 0. The maximum Gasteiger partial charge on any atom is 0.347 e. The van der Waals surface area contributed by atoms with Crippen molar-refractivity contribution < 1.29 is 23.9 Å². The number of hydrogen-bond acceptors (Lipinski definition) is 6. The number of rotatable bonds is 6. The van der Waals surface area contributed by atoms with Crippen LogP contribution in [0.15, 0.2) is 41.8 Å². The summed E-state index contributed by atoms with van der Waals surface area (Å²) in [5.41, 5.74) is 0.396. The minimum atomic E-state index is -0.929. The van der Waals surface area contributed by atoms with Gasteiger partial charge >= 0.3 is 5.97 Å². The van der Waals surface area contributed by atoms with Crippen LogP contribution < -0.4 is 10.6 Å². The van der Waals surface area contributed by atoms with E-state index in [1.807, 2.05) is 6.07 Å². The standard InChI is InChI=1S/C16H14N2O5/c1-2-8-17-13(20)10-23-16(21)14-12(19)9-22-15(14)18-11-6-4-3-5-7-11/h1,3-7,18H,8-10H2,(H,17,20). The molecule has 0 unspecified atom stereocenters. The second-order valence-electron chi connectivity index (χ2n) is 4.46. The van der Waals surface area contributed by atoms with Crippen LogP contribution in [0.3, 0.4) is 0 Å². The second kappa shape index (κ2) is 7.66. The SMILES string of the molecule is C#CCNC(=O)COC(=O)C1=C(Nc2ccccc2)OCC1=O. The molecule has 7 nitrogen and oxygen atoms in total. The molecule has 0 aromatic heterocycles. The van der Waals surface area contributed by atoms with Gasteiger partial charge in [-0.1, -0.05) is 24.1 Å². The molecule has 1 aliphatic heterocycles. The maximum absolute atomic E-state index is 12.0. The topological polar surface area (TPSA) is 93.7 Å². The Hall–Kier alpha value is -3.27. The summed E-state index contributed by atoms with van der Waals surface area (Å²) in [4.78, 5) is 35.1. The molecule has 0 fully saturated rings. The molecule has 0 atom stereocenters. The normalized spacial score (nSPS) is 13.1. The number of amides is 1. The highest BCUT2D eigenvalue weighted by molar-refractivity contribution is 6.20. The molecule has 2 N–H and O–H groups in total. The molecule has 1 aliphatic rings. The van der Waals surface area contributed by atoms with Gasteiger partial charge < -0.3 is 20.1 Å². The average Bonchev–Trinajstić information content (AvgIpc) is 2.92. The van der Waals surface area contributed by atoms with E-state index in [4.69, 9.17) is 15.9 Å². The summed E-state index contributed by atoms with van der Waals surface area (Å²) < 4.78 is 9.97. The minimum absolute atomic E-state index is 0.00948. The molecule has 1 amide bonds. The van der Waals surface area contributed by atoms with Gasteiger partial charge in [0.25, 0.3) is 5.91 Å². The van der Waals surface area contributed by atoms with E-state index in [-0.39, 0.29) is 24.6 Å². The summed E-state index contributed by atoms with van der Waals surface area (Å²) in [6.45, 7) is -0.763. The molecule has 0 bridgehead atoms. The van der Waals surface area contributed by atoms with Crippen molar-refractivity contribution in [3.63, 3.8) is 0 Å². The molecule has 2 rings (SSSR count). The van der Waals surface area contributed by atoms with Gasteiger partial charge in [0.2, 0.25) is 11.7 Å². The Kier molecular flexibility index (Phi) is 5.36. The Morgan fingerprint density at radius 3 is 2.74 bits per heavy atom. The van der Waals surface area contributed by atoms with Crippen molar-refractivity contribution in [2.45, 2.75) is 0 Å². The predicted molar refractivity (Wildman–Crippen MR) is 80.9 cm³/mol. The van der Waals surface area contributed by atoms with Crippen LogP contribution in [-0.2, 0) is 23.9 Å². The maximum atomic E-state index is 12.0. The van der Waals surface area contributed by atoms with Gasteiger partial charge in [0.1, 0.15) is 0 Å². The van der Waals surface area contributed by atoms with Crippen LogP contribution in [0.5, 0.6) is 0 Å². The fourth-order valence-electron chi connectivity index (χ4n) is 1.77. The number of ether oxygens (including phenoxy) is 2. The van der Waals surface area contributed by atoms with Crippen LogP contribution in [0.2, 0.25) is 0 Å². The molecule has 1 aromatic carbocycles. The highest BCUT2D eigenvalue weighted by Crippen LogP contribution is 2.20. The zero-order chi connectivity index (χ0) is 16.7. The molecule has 118 valence electrons. The number of Topliss-reactive ketones (excluding diaryl/α,β-unsaturated/α-hetero) is 1. The Balaban J connectivity index is 2.03. The Morgan fingerprint density at radius 2 is 2.04 bits per heavy atom. The Morgan fingerprint density at radius 1 is 1.30 bits per heavy atom. The largest absolute Gasteiger partial charge is 0.470 e. The lowest BCUT2D eigenvalue weighted by atomic mass is 10.2. The number of anilines is 1. The lowest BCUT2D eigenvalue weighted by Gasteiger charge is -2.08. The van der Waals surface area contributed by atoms with Crippen LogP contribution in [0, 0.1) is 12.3 Å². The third-order valence-corrected chi connectivity index (χ3v) is 2.81. The molecule has 0 saturated heterocycles. The van der Waals surface area contributed by atoms with Crippen molar-refractivity contribution in [3.05, 3.63) is 41.8 Å². The lowest BCUT2D eigenvalue weighted by Crippen LogP contribution is -2.30. The smallest absolute Gasteiger partial charge is 0.347 e. The first-order chi connectivity index (χ1) is 11.1. The molecule has 0 aliphatic carbocycles. The molecular weight excluding hydrogens is 300 g/mol. The van der Waals surface area contributed by atoms with Crippen molar-refractivity contribution in [2.75, 3.05) is 25.1 Å². The fourth-order valence-corrected chi connectivity index (χ4v) is 1.77. The third-order valence-electron chi connectivity index (χ3n) is 2.81. The van der Waals surface area contributed by atoms with Gasteiger partial charge in [0.15, 0.2) is 18.8 Å². The van der Waals surface area contributed by atoms with Gasteiger partial charge in [-0.15, -0.1) is 6.42 Å². The van der Waals surface area contributed by atoms with Crippen molar-refractivity contribution in [2.24, 2.45) is 0 Å². The number of para-hydroxylation sites is 1. The van der Waals surface area contributed by atoms with Crippen LogP contribution in [-0.4, -0.2) is 37.4 Å². The molecule has 23 heavy (non-hydrogen) atoms. The summed E-state index contributed by atoms with van der Waals surface area (Å²) in [6, 6.07) is 8.88. The number of carbonyl (C=O) groups is 3. The number of carbonyl (C=O) groups excluding carboxylic acids is 3. The quantitative estimate of drug-likeness (QED) is 0.443. The first kappa shape index (κ1) is 16.1. The Labute approximate surface area is 132 Å². The van der Waals surface area contributed by atoms with Gasteiger partial charge in [-0.3, -0.25) is 9.59 Å². The van der Waals surface area contributed by atoms with Crippen molar-refractivity contribution >= 4 is 23.3 Å². The van der Waals surface area contributed by atoms with Crippen LogP contribution >= 0.6 is 0 Å². The number of terminal acetylenes is 1. The van der Waals surface area contributed by atoms with Crippen LogP contribution in [0.4, 0.5) is 5.69 Å². The molecular formula is C16H14N2O5. The molecule has 0 radical (unpaired) electrons. The van der Waals surface area contributed by atoms with E-state index in [9.17, 15) is 14.4 Å². The van der Waals surface area contributed by atoms with E-state index in [2.05, 4.69) is 16.6 Å². The van der Waals surface area contributed by atoms with E-state index in [1.54, 1.807) is 24.3 Å². The van der Waals surface area contributed by atoms with E-state index in [1.165, 1.54) is 0 Å². The monoisotopic (exact) mass is 314 g/mol. The molecule has 0 spiro atoms.